The van der Waals surface area contributed by atoms with Crippen LogP contribution >= 0.6 is 0 Å². The molecule has 0 fully saturated rings. The first-order chi connectivity index (χ1) is 22.7. The number of allylic oxidation sites excluding steroid dienone is 5. The number of para-hydroxylation sites is 3. The molecule has 0 amide bonds. The summed E-state index contributed by atoms with van der Waals surface area (Å²) in [4.78, 5) is 14.5. The average Bonchev–Trinajstić information content (AvgIpc) is 3.76. The predicted molar refractivity (Wildman–Crippen MR) is 188 cm³/mol. The minimum absolute atomic E-state index is 0.455. The van der Waals surface area contributed by atoms with Gasteiger partial charge in [-0.05, 0) is 78.6 Å². The largest absolute Gasteiger partial charge is 0.313 e. The van der Waals surface area contributed by atoms with Crippen molar-refractivity contribution in [1.29, 1.82) is 0 Å². The standard InChI is InChI=1S/C41H31N5/c1-25-20-28(45-36-14-6-2-10-29(36)30-11-3-7-15-37(30)45)23-35-33(25)21-26-18-19-27(22-34(26)35)40-42-24-43-41(44-40)46-38-16-8-4-12-31(38)32-13-5-9-17-39(32)46/h2-8,10-16,18-19,22-25H,9,17,20-21H2,1H3. The summed E-state index contributed by atoms with van der Waals surface area (Å²) >= 11 is 0. The Balaban J connectivity index is 1.09. The number of rotatable bonds is 3. The van der Waals surface area contributed by atoms with E-state index in [1.807, 2.05) is 0 Å². The van der Waals surface area contributed by atoms with Crippen molar-refractivity contribution >= 4 is 50.1 Å². The summed E-state index contributed by atoms with van der Waals surface area (Å²) in [5.74, 6) is 1.84. The Morgan fingerprint density at radius 2 is 1.48 bits per heavy atom. The quantitative estimate of drug-likeness (QED) is 0.205. The number of benzene rings is 4. The van der Waals surface area contributed by atoms with E-state index < -0.39 is 0 Å². The average molecular weight is 594 g/mol. The molecule has 5 nitrogen and oxygen atoms in total. The minimum atomic E-state index is 0.455. The van der Waals surface area contributed by atoms with Crippen LogP contribution in [0.1, 0.15) is 42.1 Å². The summed E-state index contributed by atoms with van der Waals surface area (Å²) in [7, 11) is 0. The first-order valence-electron chi connectivity index (χ1n) is 16.3. The van der Waals surface area contributed by atoms with Gasteiger partial charge >= 0.3 is 0 Å². The molecule has 3 aliphatic rings. The molecule has 1 unspecified atom stereocenters. The van der Waals surface area contributed by atoms with E-state index >= 15 is 0 Å². The van der Waals surface area contributed by atoms with Gasteiger partial charge in [0, 0.05) is 38.7 Å². The van der Waals surface area contributed by atoms with Gasteiger partial charge in [0.1, 0.15) is 6.33 Å². The Morgan fingerprint density at radius 3 is 2.26 bits per heavy atom. The fourth-order valence-corrected chi connectivity index (χ4v) is 8.19. The summed E-state index contributed by atoms with van der Waals surface area (Å²) in [6.45, 7) is 2.39. The van der Waals surface area contributed by atoms with Crippen LogP contribution in [0.4, 0.5) is 0 Å². The highest BCUT2D eigenvalue weighted by atomic mass is 15.2. The molecule has 0 saturated carbocycles. The van der Waals surface area contributed by atoms with Crippen molar-refractivity contribution in [3.05, 3.63) is 137 Å². The molecular formula is C41H31N5. The maximum absolute atomic E-state index is 5.09. The highest BCUT2D eigenvalue weighted by Crippen LogP contribution is 2.46. The first kappa shape index (κ1) is 25.7. The topological polar surface area (TPSA) is 48.5 Å². The lowest BCUT2D eigenvalue weighted by Crippen LogP contribution is -2.10. The Labute approximate surface area is 266 Å². The highest BCUT2D eigenvalue weighted by Gasteiger charge is 2.30. The molecule has 0 radical (unpaired) electrons. The van der Waals surface area contributed by atoms with Crippen LogP contribution in [0, 0.1) is 5.92 Å². The third-order valence-corrected chi connectivity index (χ3v) is 10.3. The number of aromatic nitrogens is 5. The maximum Gasteiger partial charge on any atom is 0.237 e. The van der Waals surface area contributed by atoms with Crippen molar-refractivity contribution in [3.63, 3.8) is 0 Å². The fraction of sp³-hybridized carbons (Fsp3) is 0.146. The highest BCUT2D eigenvalue weighted by molar-refractivity contribution is 6.10. The Hall–Kier alpha value is -5.55. The zero-order chi connectivity index (χ0) is 30.4. The summed E-state index contributed by atoms with van der Waals surface area (Å²) in [6.07, 6.45) is 12.6. The maximum atomic E-state index is 5.09. The Bertz CT molecular complexity index is 2450. The van der Waals surface area contributed by atoms with Crippen molar-refractivity contribution in [3.8, 4) is 17.3 Å². The molecule has 3 aliphatic carbocycles. The number of hydrogen-bond acceptors (Lipinski definition) is 3. The van der Waals surface area contributed by atoms with Crippen molar-refractivity contribution < 1.29 is 0 Å². The van der Waals surface area contributed by atoms with Crippen LogP contribution in [0.5, 0.6) is 0 Å². The molecule has 220 valence electrons. The molecule has 0 saturated heterocycles. The van der Waals surface area contributed by atoms with Crippen LogP contribution in [-0.2, 0) is 12.8 Å². The number of nitrogens with zero attached hydrogens (tertiary/aromatic N) is 5. The number of hydrogen-bond donors (Lipinski definition) is 0. The lowest BCUT2D eigenvalue weighted by molar-refractivity contribution is 0.673. The van der Waals surface area contributed by atoms with E-state index in [4.69, 9.17) is 15.0 Å². The molecule has 7 aromatic rings. The second-order valence-electron chi connectivity index (χ2n) is 12.9. The van der Waals surface area contributed by atoms with Crippen LogP contribution in [0.3, 0.4) is 0 Å². The normalized spacial score (nSPS) is 17.1. The van der Waals surface area contributed by atoms with E-state index in [9.17, 15) is 0 Å². The second-order valence-corrected chi connectivity index (χ2v) is 12.9. The monoisotopic (exact) mass is 593 g/mol. The van der Waals surface area contributed by atoms with Gasteiger partial charge in [-0.1, -0.05) is 91.4 Å². The van der Waals surface area contributed by atoms with Crippen molar-refractivity contribution in [2.24, 2.45) is 5.92 Å². The lowest BCUT2D eigenvalue weighted by Gasteiger charge is -2.24. The van der Waals surface area contributed by atoms with Crippen LogP contribution < -0.4 is 0 Å². The summed E-state index contributed by atoms with van der Waals surface area (Å²) in [6, 6.07) is 32.9. The van der Waals surface area contributed by atoms with Crippen LogP contribution in [0.15, 0.2) is 115 Å². The van der Waals surface area contributed by atoms with Gasteiger partial charge in [-0.15, -0.1) is 0 Å². The third-order valence-electron chi connectivity index (χ3n) is 10.3. The van der Waals surface area contributed by atoms with Crippen LogP contribution in [0.2, 0.25) is 0 Å². The Kier molecular flexibility index (Phi) is 5.44. The minimum Gasteiger partial charge on any atom is -0.313 e. The molecule has 0 N–H and O–H groups in total. The number of fused-ring (bicyclic) bond motifs is 8. The summed E-state index contributed by atoms with van der Waals surface area (Å²) < 4.78 is 4.72. The van der Waals surface area contributed by atoms with E-state index in [0.717, 1.165) is 36.8 Å². The molecule has 0 spiro atoms. The molecular weight excluding hydrogens is 562 g/mol. The molecule has 5 heteroatoms. The zero-order valence-corrected chi connectivity index (χ0v) is 25.6. The fourth-order valence-electron chi connectivity index (χ4n) is 8.19. The molecule has 0 aliphatic heterocycles. The third kappa shape index (κ3) is 3.66. The molecule has 10 rings (SSSR count). The van der Waals surface area contributed by atoms with E-state index in [-0.39, 0.29) is 0 Å². The van der Waals surface area contributed by atoms with Crippen LogP contribution in [-0.4, -0.2) is 24.1 Å². The molecule has 0 bridgehead atoms. The van der Waals surface area contributed by atoms with E-state index in [1.54, 1.807) is 6.33 Å². The van der Waals surface area contributed by atoms with E-state index in [2.05, 4.69) is 125 Å². The van der Waals surface area contributed by atoms with Crippen molar-refractivity contribution in [2.45, 2.75) is 32.6 Å². The zero-order valence-electron chi connectivity index (χ0n) is 25.6. The van der Waals surface area contributed by atoms with Gasteiger partial charge < -0.3 is 4.57 Å². The smallest absolute Gasteiger partial charge is 0.237 e. The summed E-state index contributed by atoms with van der Waals surface area (Å²) in [5, 5.41) is 3.85. The second kappa shape index (κ2) is 9.72. The van der Waals surface area contributed by atoms with Crippen molar-refractivity contribution in [1.82, 2.24) is 24.1 Å². The van der Waals surface area contributed by atoms with Gasteiger partial charge in [-0.2, -0.15) is 4.98 Å². The lowest BCUT2D eigenvalue weighted by atomic mass is 9.86. The van der Waals surface area contributed by atoms with Gasteiger partial charge in [0.15, 0.2) is 5.82 Å². The summed E-state index contributed by atoms with van der Waals surface area (Å²) in [5.41, 5.74) is 14.2. The van der Waals surface area contributed by atoms with Gasteiger partial charge in [0.2, 0.25) is 5.95 Å². The van der Waals surface area contributed by atoms with Gasteiger partial charge in [0.25, 0.3) is 0 Å². The Morgan fingerprint density at radius 1 is 0.761 bits per heavy atom. The molecule has 1 atom stereocenters. The van der Waals surface area contributed by atoms with Gasteiger partial charge in [0.05, 0.1) is 16.6 Å². The molecule has 3 heterocycles. The SMILES string of the molecule is CC1CC(n2c3ccccc3c3ccccc32)=CC2=C1Cc1ccc(-c3ncnc(-n4c5c(c6ccccc64)C=CCC5)n3)cc12. The first-order valence-corrected chi connectivity index (χ1v) is 16.3. The van der Waals surface area contributed by atoms with Gasteiger partial charge in [-0.25, -0.2) is 9.97 Å². The molecule has 3 aromatic heterocycles. The van der Waals surface area contributed by atoms with Gasteiger partial charge in [-0.3, -0.25) is 4.57 Å². The van der Waals surface area contributed by atoms with Crippen molar-refractivity contribution in [2.75, 3.05) is 0 Å². The van der Waals surface area contributed by atoms with E-state index in [1.165, 1.54) is 66.4 Å². The molecule has 4 aromatic carbocycles. The van der Waals surface area contributed by atoms with Crippen LogP contribution in [0.25, 0.3) is 67.4 Å². The van der Waals surface area contributed by atoms with E-state index in [0.29, 0.717) is 17.7 Å². The predicted octanol–water partition coefficient (Wildman–Crippen LogP) is 9.44. The molecule has 46 heavy (non-hydrogen) atoms.